The van der Waals surface area contributed by atoms with E-state index in [0.717, 1.165) is 5.75 Å². The average molecular weight is 285 g/mol. The molecule has 0 saturated heterocycles. The molecule has 1 aromatic rings. The Hall–Kier alpha value is -0.520. The molecule has 1 aliphatic rings. The largest absolute Gasteiger partial charge is 0.308 e. The first kappa shape index (κ1) is 13.9. The fourth-order valence-corrected chi connectivity index (χ4v) is 3.37. The van der Waals surface area contributed by atoms with Gasteiger partial charge in [-0.1, -0.05) is 18.2 Å². The molecular weight excluding hydrogens is 266 g/mol. The number of rotatable bonds is 4. The first-order valence-electron chi connectivity index (χ1n) is 5.96. The predicted octanol–water partition coefficient (Wildman–Crippen LogP) is 2.25. The summed E-state index contributed by atoms with van der Waals surface area (Å²) in [5, 5.41) is 3.38. The van der Waals surface area contributed by atoms with Crippen molar-refractivity contribution >= 4 is 21.6 Å². The molecular formula is C13H19NO2S2. The summed E-state index contributed by atoms with van der Waals surface area (Å²) in [4.78, 5) is 1.30. The summed E-state index contributed by atoms with van der Waals surface area (Å²) in [6, 6.07) is 8.55. The van der Waals surface area contributed by atoms with Gasteiger partial charge in [0.05, 0.1) is 4.75 Å². The second kappa shape index (κ2) is 4.87. The van der Waals surface area contributed by atoms with Crippen LogP contribution in [0.2, 0.25) is 0 Å². The van der Waals surface area contributed by atoms with Crippen LogP contribution in [-0.2, 0) is 9.84 Å². The Kier molecular flexibility index (Phi) is 3.76. The van der Waals surface area contributed by atoms with E-state index in [1.54, 1.807) is 13.8 Å². The van der Waals surface area contributed by atoms with E-state index < -0.39 is 14.6 Å². The summed E-state index contributed by atoms with van der Waals surface area (Å²) in [6.07, 6.45) is 1.30. The van der Waals surface area contributed by atoms with Crippen LogP contribution in [0.1, 0.15) is 25.5 Å². The molecule has 5 heteroatoms. The molecule has 1 heterocycles. The van der Waals surface area contributed by atoms with Gasteiger partial charge >= 0.3 is 0 Å². The van der Waals surface area contributed by atoms with Crippen molar-refractivity contribution in [2.75, 3.05) is 18.6 Å². The van der Waals surface area contributed by atoms with Crippen LogP contribution in [0.15, 0.2) is 29.2 Å². The lowest BCUT2D eigenvalue weighted by molar-refractivity contribution is 0.492. The van der Waals surface area contributed by atoms with E-state index in [1.165, 1.54) is 16.7 Å². The number of hydrogen-bond donors (Lipinski definition) is 1. The topological polar surface area (TPSA) is 46.2 Å². The summed E-state index contributed by atoms with van der Waals surface area (Å²) in [7, 11) is -3.04. The van der Waals surface area contributed by atoms with Crippen molar-refractivity contribution in [3.63, 3.8) is 0 Å². The van der Waals surface area contributed by atoms with Gasteiger partial charge in [0.1, 0.15) is 0 Å². The number of benzene rings is 1. The SMILES string of the molecule is CC(C)(CNC1CSc2ccccc21)S(C)(=O)=O. The standard InChI is InChI=1S/C13H19NO2S2/c1-13(2,18(3,15)16)9-14-11-8-17-12-7-5-4-6-10(11)12/h4-7,11,14H,8-9H2,1-3H3. The third-order valence-electron chi connectivity index (χ3n) is 3.48. The van der Waals surface area contributed by atoms with E-state index in [2.05, 4.69) is 17.4 Å². The minimum absolute atomic E-state index is 0.257. The van der Waals surface area contributed by atoms with Gasteiger partial charge in [-0.15, -0.1) is 11.8 Å². The number of hydrogen-bond acceptors (Lipinski definition) is 4. The lowest BCUT2D eigenvalue weighted by Crippen LogP contribution is -2.42. The molecule has 1 unspecified atom stereocenters. The van der Waals surface area contributed by atoms with E-state index in [4.69, 9.17) is 0 Å². The first-order chi connectivity index (χ1) is 8.31. The van der Waals surface area contributed by atoms with E-state index in [1.807, 2.05) is 23.9 Å². The van der Waals surface area contributed by atoms with Gasteiger partial charge in [0.2, 0.25) is 0 Å². The summed E-state index contributed by atoms with van der Waals surface area (Å²) in [5.74, 6) is 0.971. The van der Waals surface area contributed by atoms with Crippen molar-refractivity contribution < 1.29 is 8.42 Å². The Morgan fingerprint density at radius 1 is 1.39 bits per heavy atom. The number of fused-ring (bicyclic) bond motifs is 1. The third-order valence-corrected chi connectivity index (χ3v) is 6.81. The molecule has 3 nitrogen and oxygen atoms in total. The van der Waals surface area contributed by atoms with Crippen LogP contribution in [0.4, 0.5) is 0 Å². The van der Waals surface area contributed by atoms with Gasteiger partial charge in [0.15, 0.2) is 9.84 Å². The molecule has 0 spiro atoms. The highest BCUT2D eigenvalue weighted by Gasteiger charge is 2.32. The van der Waals surface area contributed by atoms with Gasteiger partial charge < -0.3 is 5.32 Å². The molecule has 0 saturated carbocycles. The molecule has 0 fully saturated rings. The maximum absolute atomic E-state index is 11.7. The van der Waals surface area contributed by atoms with Crippen LogP contribution in [0.5, 0.6) is 0 Å². The molecule has 0 amide bonds. The van der Waals surface area contributed by atoms with Crippen molar-refractivity contribution in [2.24, 2.45) is 0 Å². The zero-order valence-electron chi connectivity index (χ0n) is 10.9. The predicted molar refractivity (Wildman–Crippen MR) is 76.8 cm³/mol. The van der Waals surface area contributed by atoms with Gasteiger partial charge in [-0.2, -0.15) is 0 Å². The molecule has 1 aromatic carbocycles. The maximum atomic E-state index is 11.7. The molecule has 0 radical (unpaired) electrons. The fourth-order valence-electron chi connectivity index (χ4n) is 1.83. The highest BCUT2D eigenvalue weighted by atomic mass is 32.2. The van der Waals surface area contributed by atoms with Gasteiger partial charge in [-0.3, -0.25) is 0 Å². The summed E-state index contributed by atoms with van der Waals surface area (Å²) >= 11 is 1.82. The summed E-state index contributed by atoms with van der Waals surface area (Å²) in [6.45, 7) is 4.01. The van der Waals surface area contributed by atoms with Crippen molar-refractivity contribution in [2.45, 2.75) is 29.5 Å². The normalized spacial score (nSPS) is 19.8. The van der Waals surface area contributed by atoms with Crippen LogP contribution >= 0.6 is 11.8 Å². The average Bonchev–Trinajstić information content (AvgIpc) is 2.68. The van der Waals surface area contributed by atoms with Crippen LogP contribution in [0, 0.1) is 0 Å². The summed E-state index contributed by atoms with van der Waals surface area (Å²) < 4.78 is 22.6. The van der Waals surface area contributed by atoms with Crippen molar-refractivity contribution in [3.05, 3.63) is 29.8 Å². The maximum Gasteiger partial charge on any atom is 0.153 e. The van der Waals surface area contributed by atoms with Crippen LogP contribution in [0.3, 0.4) is 0 Å². The summed E-state index contributed by atoms with van der Waals surface area (Å²) in [5.41, 5.74) is 1.28. The molecule has 0 aliphatic carbocycles. The molecule has 1 aliphatic heterocycles. The molecule has 100 valence electrons. The number of nitrogens with one attached hydrogen (secondary N) is 1. The number of sulfone groups is 1. The highest BCUT2D eigenvalue weighted by molar-refractivity contribution is 7.99. The molecule has 0 bridgehead atoms. The minimum atomic E-state index is -3.04. The quantitative estimate of drug-likeness (QED) is 0.921. The third kappa shape index (κ3) is 2.73. The van der Waals surface area contributed by atoms with Crippen molar-refractivity contribution in [1.82, 2.24) is 5.32 Å². The minimum Gasteiger partial charge on any atom is -0.308 e. The smallest absolute Gasteiger partial charge is 0.153 e. The molecule has 1 atom stereocenters. The Labute approximate surface area is 113 Å². The Bertz CT molecular complexity index is 538. The van der Waals surface area contributed by atoms with E-state index in [9.17, 15) is 8.42 Å². The first-order valence-corrected chi connectivity index (χ1v) is 8.84. The van der Waals surface area contributed by atoms with Gasteiger partial charge in [0, 0.05) is 29.5 Å². The Morgan fingerprint density at radius 3 is 2.72 bits per heavy atom. The van der Waals surface area contributed by atoms with Crippen LogP contribution in [-0.4, -0.2) is 31.7 Å². The second-order valence-corrected chi connectivity index (χ2v) is 9.03. The zero-order valence-corrected chi connectivity index (χ0v) is 12.6. The lowest BCUT2D eigenvalue weighted by Gasteiger charge is -2.25. The van der Waals surface area contributed by atoms with Gasteiger partial charge in [-0.25, -0.2) is 8.42 Å². The van der Waals surface area contributed by atoms with E-state index >= 15 is 0 Å². The lowest BCUT2D eigenvalue weighted by atomic mass is 10.1. The monoisotopic (exact) mass is 285 g/mol. The molecule has 2 rings (SSSR count). The Balaban J connectivity index is 2.06. The van der Waals surface area contributed by atoms with Crippen molar-refractivity contribution in [3.8, 4) is 0 Å². The van der Waals surface area contributed by atoms with Crippen LogP contribution < -0.4 is 5.32 Å². The van der Waals surface area contributed by atoms with Gasteiger partial charge in [-0.05, 0) is 25.5 Å². The molecule has 18 heavy (non-hydrogen) atoms. The van der Waals surface area contributed by atoms with E-state index in [-0.39, 0.29) is 6.04 Å². The zero-order chi connectivity index (χ0) is 13.4. The highest BCUT2D eigenvalue weighted by Crippen LogP contribution is 2.37. The van der Waals surface area contributed by atoms with Crippen molar-refractivity contribution in [1.29, 1.82) is 0 Å². The van der Waals surface area contributed by atoms with E-state index in [0.29, 0.717) is 6.54 Å². The second-order valence-electron chi connectivity index (χ2n) is 5.31. The molecule has 1 N–H and O–H groups in total. The molecule has 0 aromatic heterocycles. The Morgan fingerprint density at radius 2 is 2.06 bits per heavy atom. The van der Waals surface area contributed by atoms with Gasteiger partial charge in [0.25, 0.3) is 0 Å². The fraction of sp³-hybridized carbons (Fsp3) is 0.538. The van der Waals surface area contributed by atoms with Crippen LogP contribution in [0.25, 0.3) is 0 Å². The number of thioether (sulfide) groups is 1.